The lowest BCUT2D eigenvalue weighted by atomic mass is 10.1. The number of carbonyl (C=O) groups excluding carboxylic acids is 1. The van der Waals surface area contributed by atoms with E-state index >= 15 is 0 Å². The van der Waals surface area contributed by atoms with Gasteiger partial charge in [0, 0.05) is 5.57 Å². The van der Waals surface area contributed by atoms with Crippen LogP contribution in [0.4, 0.5) is 0 Å². The monoisotopic (exact) mass is 308 g/mol. The van der Waals surface area contributed by atoms with Crippen LogP contribution in [-0.2, 0) is 9.53 Å². The van der Waals surface area contributed by atoms with Gasteiger partial charge in [-0.15, -0.1) is 0 Å². The number of ether oxygens (including phenoxy) is 1. The van der Waals surface area contributed by atoms with Crippen LogP contribution < -0.4 is 0 Å². The lowest BCUT2D eigenvalue weighted by molar-refractivity contribution is -0.139. The Kier molecular flexibility index (Phi) is 15.5. The fourth-order valence-electron chi connectivity index (χ4n) is 2.28. The van der Waals surface area contributed by atoms with Gasteiger partial charge in [-0.25, -0.2) is 4.79 Å². The minimum atomic E-state index is -0.263. The van der Waals surface area contributed by atoms with E-state index in [4.69, 9.17) is 4.74 Å². The molecule has 0 heterocycles. The van der Waals surface area contributed by atoms with E-state index in [0.29, 0.717) is 12.2 Å². The lowest BCUT2D eigenvalue weighted by Crippen LogP contribution is -2.05. The predicted octanol–water partition coefficient (Wildman–Crippen LogP) is 6.36. The van der Waals surface area contributed by atoms with Crippen molar-refractivity contribution in [3.8, 4) is 0 Å². The maximum absolute atomic E-state index is 11.1. The summed E-state index contributed by atoms with van der Waals surface area (Å²) >= 11 is 0. The van der Waals surface area contributed by atoms with Crippen LogP contribution in [0.1, 0.15) is 90.9 Å². The average molecular weight is 309 g/mol. The van der Waals surface area contributed by atoms with Crippen LogP contribution in [0.25, 0.3) is 0 Å². The molecule has 22 heavy (non-hydrogen) atoms. The van der Waals surface area contributed by atoms with Crippen molar-refractivity contribution >= 4 is 5.97 Å². The quantitative estimate of drug-likeness (QED) is 0.152. The molecule has 0 atom stereocenters. The number of esters is 1. The summed E-state index contributed by atoms with van der Waals surface area (Å²) in [5.74, 6) is -0.263. The van der Waals surface area contributed by atoms with Crippen LogP contribution in [0.3, 0.4) is 0 Å². The first kappa shape index (κ1) is 20.9. The Morgan fingerprint density at radius 3 is 1.91 bits per heavy atom. The van der Waals surface area contributed by atoms with E-state index in [0.717, 1.165) is 12.8 Å². The zero-order chi connectivity index (χ0) is 16.5. The van der Waals surface area contributed by atoms with E-state index in [9.17, 15) is 4.79 Å². The first-order valence-corrected chi connectivity index (χ1v) is 9.16. The van der Waals surface area contributed by atoms with Crippen LogP contribution in [0.2, 0.25) is 0 Å². The van der Waals surface area contributed by atoms with Crippen molar-refractivity contribution in [2.75, 3.05) is 6.61 Å². The van der Waals surface area contributed by atoms with Crippen LogP contribution in [0.5, 0.6) is 0 Å². The van der Waals surface area contributed by atoms with E-state index < -0.39 is 0 Å². The standard InChI is InChI=1S/C20H36O2/c1-4-5-6-7-8-9-10-11-12-13-14-15-16-17-18-22-20(21)19(2)3/h9-10H,2,4-8,11-18H2,1,3H3/b10-9-. The van der Waals surface area contributed by atoms with E-state index in [-0.39, 0.29) is 5.97 Å². The van der Waals surface area contributed by atoms with Gasteiger partial charge < -0.3 is 4.74 Å². The summed E-state index contributed by atoms with van der Waals surface area (Å²) < 4.78 is 5.06. The van der Waals surface area contributed by atoms with Gasteiger partial charge in [0.2, 0.25) is 0 Å². The normalized spacial score (nSPS) is 11.0. The number of allylic oxidation sites excluding steroid dienone is 2. The van der Waals surface area contributed by atoms with E-state index in [2.05, 4.69) is 25.7 Å². The maximum atomic E-state index is 11.1. The molecule has 0 radical (unpaired) electrons. The third kappa shape index (κ3) is 15.3. The second kappa shape index (κ2) is 16.3. The van der Waals surface area contributed by atoms with Crippen molar-refractivity contribution in [2.24, 2.45) is 0 Å². The highest BCUT2D eigenvalue weighted by Gasteiger charge is 2.01. The Labute approximate surface area is 138 Å². The number of carbonyl (C=O) groups is 1. The molecule has 0 fully saturated rings. The van der Waals surface area contributed by atoms with Crippen molar-refractivity contribution in [3.05, 3.63) is 24.3 Å². The summed E-state index contributed by atoms with van der Waals surface area (Å²) in [4.78, 5) is 11.1. The zero-order valence-corrected chi connectivity index (χ0v) is 14.9. The van der Waals surface area contributed by atoms with Crippen LogP contribution in [-0.4, -0.2) is 12.6 Å². The first-order chi connectivity index (χ1) is 10.7. The van der Waals surface area contributed by atoms with E-state index in [1.165, 1.54) is 64.2 Å². The van der Waals surface area contributed by atoms with Gasteiger partial charge in [-0.3, -0.25) is 0 Å². The molecule has 0 unspecified atom stereocenters. The summed E-state index contributed by atoms with van der Waals surface area (Å²) in [5.41, 5.74) is 0.485. The van der Waals surface area contributed by atoms with Crippen LogP contribution in [0, 0.1) is 0 Å². The summed E-state index contributed by atoms with van der Waals surface area (Å²) in [6.07, 6.45) is 19.9. The molecule has 0 aliphatic carbocycles. The van der Waals surface area contributed by atoms with Crippen LogP contribution in [0.15, 0.2) is 24.3 Å². The highest BCUT2D eigenvalue weighted by molar-refractivity contribution is 5.86. The third-order valence-electron chi connectivity index (χ3n) is 3.74. The van der Waals surface area contributed by atoms with Crippen molar-refractivity contribution in [1.82, 2.24) is 0 Å². The van der Waals surface area contributed by atoms with E-state index in [1.807, 2.05) is 0 Å². The molecule has 0 aromatic heterocycles. The van der Waals surface area contributed by atoms with Gasteiger partial charge in [-0.1, -0.05) is 70.6 Å². The summed E-state index contributed by atoms with van der Waals surface area (Å²) in [5, 5.41) is 0. The second-order valence-electron chi connectivity index (χ2n) is 6.15. The topological polar surface area (TPSA) is 26.3 Å². The summed E-state index contributed by atoms with van der Waals surface area (Å²) in [6.45, 7) is 8.03. The third-order valence-corrected chi connectivity index (χ3v) is 3.74. The van der Waals surface area contributed by atoms with Gasteiger partial charge >= 0.3 is 5.97 Å². The molecule has 0 spiro atoms. The second-order valence-corrected chi connectivity index (χ2v) is 6.15. The summed E-state index contributed by atoms with van der Waals surface area (Å²) in [6, 6.07) is 0. The van der Waals surface area contributed by atoms with Gasteiger partial charge in [0.1, 0.15) is 0 Å². The van der Waals surface area contributed by atoms with E-state index in [1.54, 1.807) is 6.92 Å². The van der Waals surface area contributed by atoms with Crippen molar-refractivity contribution in [3.63, 3.8) is 0 Å². The number of hydrogen-bond acceptors (Lipinski definition) is 2. The minimum absolute atomic E-state index is 0.263. The molecule has 0 bridgehead atoms. The number of hydrogen-bond donors (Lipinski definition) is 0. The highest BCUT2D eigenvalue weighted by Crippen LogP contribution is 2.09. The fraction of sp³-hybridized carbons (Fsp3) is 0.750. The minimum Gasteiger partial charge on any atom is -0.462 e. The molecule has 0 aliphatic rings. The molecule has 2 nitrogen and oxygen atoms in total. The lowest BCUT2D eigenvalue weighted by Gasteiger charge is -2.04. The molecule has 0 aromatic carbocycles. The van der Waals surface area contributed by atoms with Crippen molar-refractivity contribution in [1.29, 1.82) is 0 Å². The molecule has 0 rings (SSSR count). The van der Waals surface area contributed by atoms with Crippen molar-refractivity contribution in [2.45, 2.75) is 90.9 Å². The Balaban J connectivity index is 3.15. The molecule has 0 amide bonds. The SMILES string of the molecule is C=C(C)C(=O)OCCCCCCCC/C=C\CCCCCC. The van der Waals surface area contributed by atoms with Gasteiger partial charge in [-0.2, -0.15) is 0 Å². The molecule has 0 saturated carbocycles. The Hall–Kier alpha value is -1.05. The molecule has 0 N–H and O–H groups in total. The molecule has 0 saturated heterocycles. The Morgan fingerprint density at radius 2 is 1.36 bits per heavy atom. The first-order valence-electron chi connectivity index (χ1n) is 9.16. The highest BCUT2D eigenvalue weighted by atomic mass is 16.5. The Morgan fingerprint density at radius 1 is 0.864 bits per heavy atom. The van der Waals surface area contributed by atoms with Gasteiger partial charge in [-0.05, 0) is 39.0 Å². The average Bonchev–Trinajstić information content (AvgIpc) is 2.50. The van der Waals surface area contributed by atoms with Gasteiger partial charge in [0.05, 0.1) is 6.61 Å². The number of unbranched alkanes of at least 4 members (excludes halogenated alkanes) is 10. The zero-order valence-electron chi connectivity index (χ0n) is 14.9. The smallest absolute Gasteiger partial charge is 0.333 e. The van der Waals surface area contributed by atoms with Crippen LogP contribution >= 0.6 is 0 Å². The van der Waals surface area contributed by atoms with Gasteiger partial charge in [0.25, 0.3) is 0 Å². The molecule has 128 valence electrons. The predicted molar refractivity (Wildman–Crippen MR) is 96.0 cm³/mol. The fourth-order valence-corrected chi connectivity index (χ4v) is 2.28. The molecular formula is C20H36O2. The van der Waals surface area contributed by atoms with Gasteiger partial charge in [0.15, 0.2) is 0 Å². The molecule has 0 aromatic rings. The maximum Gasteiger partial charge on any atom is 0.333 e. The molecule has 0 aliphatic heterocycles. The number of rotatable bonds is 15. The molecular weight excluding hydrogens is 272 g/mol. The largest absolute Gasteiger partial charge is 0.462 e. The summed E-state index contributed by atoms with van der Waals surface area (Å²) in [7, 11) is 0. The molecule has 2 heteroatoms. The Bertz CT molecular complexity index is 305. The van der Waals surface area contributed by atoms with Crippen molar-refractivity contribution < 1.29 is 9.53 Å².